The Balaban J connectivity index is 0.00000161. The van der Waals surface area contributed by atoms with Crippen LogP contribution in [0.3, 0.4) is 0 Å². The van der Waals surface area contributed by atoms with Gasteiger partial charge < -0.3 is 11.1 Å². The molecule has 0 heterocycles. The highest BCUT2D eigenvalue weighted by molar-refractivity contribution is 5.85. The molecule has 0 saturated heterocycles. The lowest BCUT2D eigenvalue weighted by Crippen LogP contribution is -2.45. The summed E-state index contributed by atoms with van der Waals surface area (Å²) in [5, 5.41) is 2.70. The van der Waals surface area contributed by atoms with Crippen molar-refractivity contribution in [3.63, 3.8) is 0 Å². The smallest absolute Gasteiger partial charge is 0.225 e. The van der Waals surface area contributed by atoms with Crippen molar-refractivity contribution in [2.45, 2.75) is 31.8 Å². The summed E-state index contributed by atoms with van der Waals surface area (Å²) in [6, 6.07) is 3.15. The Hall–Kier alpha value is -1.20. The van der Waals surface area contributed by atoms with Crippen molar-refractivity contribution in [2.75, 3.05) is 0 Å². The minimum Gasteiger partial charge on any atom is -0.352 e. The van der Waals surface area contributed by atoms with Gasteiger partial charge in [-0.15, -0.1) is 12.4 Å². The zero-order valence-electron chi connectivity index (χ0n) is 11.5. The number of benzene rings is 1. The highest BCUT2D eigenvalue weighted by Crippen LogP contribution is 2.47. The van der Waals surface area contributed by atoms with E-state index in [0.29, 0.717) is 11.8 Å². The third-order valence-corrected chi connectivity index (χ3v) is 4.74. The molecule has 2 aliphatic carbocycles. The summed E-state index contributed by atoms with van der Waals surface area (Å²) in [6.07, 6.45) is 3.17. The molecule has 116 valence electrons. The Morgan fingerprint density at radius 3 is 2.67 bits per heavy atom. The lowest BCUT2D eigenvalue weighted by atomic mass is 9.84. The van der Waals surface area contributed by atoms with Gasteiger partial charge in [-0.2, -0.15) is 0 Å². The van der Waals surface area contributed by atoms with Crippen molar-refractivity contribution in [3.05, 3.63) is 35.4 Å². The van der Waals surface area contributed by atoms with Crippen LogP contribution in [0.25, 0.3) is 0 Å². The second-order valence-electron chi connectivity index (χ2n) is 5.89. The molecule has 3 nitrogen and oxygen atoms in total. The van der Waals surface area contributed by atoms with Crippen LogP contribution in [0.2, 0.25) is 0 Å². The van der Waals surface area contributed by atoms with E-state index in [1.54, 1.807) is 0 Å². The molecule has 6 heteroatoms. The van der Waals surface area contributed by atoms with Gasteiger partial charge >= 0.3 is 0 Å². The van der Waals surface area contributed by atoms with Gasteiger partial charge in [0.25, 0.3) is 0 Å². The Kier molecular flexibility index (Phi) is 4.84. The van der Waals surface area contributed by atoms with Crippen molar-refractivity contribution in [1.82, 2.24) is 5.32 Å². The molecule has 2 aliphatic rings. The maximum atomic E-state index is 13.5. The van der Waals surface area contributed by atoms with Gasteiger partial charge in [-0.1, -0.05) is 0 Å². The Labute approximate surface area is 128 Å². The first-order chi connectivity index (χ1) is 9.56. The quantitative estimate of drug-likeness (QED) is 0.899. The fourth-order valence-corrected chi connectivity index (χ4v) is 3.70. The number of carbonyl (C=O) groups excluding carboxylic acids is 1. The molecule has 21 heavy (non-hydrogen) atoms. The fourth-order valence-electron chi connectivity index (χ4n) is 3.70. The van der Waals surface area contributed by atoms with E-state index in [-0.39, 0.29) is 42.4 Å². The highest BCUT2D eigenvalue weighted by Gasteiger charge is 2.48. The molecule has 4 unspecified atom stereocenters. The van der Waals surface area contributed by atoms with Crippen molar-refractivity contribution >= 4 is 18.3 Å². The zero-order chi connectivity index (χ0) is 14.3. The number of nitrogens with two attached hydrogens (primary N) is 1. The van der Waals surface area contributed by atoms with Crippen LogP contribution in [-0.4, -0.2) is 11.9 Å². The molecular formula is C15H19ClF2N2O. The first-order valence-electron chi connectivity index (χ1n) is 7.03. The van der Waals surface area contributed by atoms with Crippen molar-refractivity contribution in [1.29, 1.82) is 0 Å². The summed E-state index contributed by atoms with van der Waals surface area (Å²) in [5.74, 6) is -0.524. The average Bonchev–Trinajstić information content (AvgIpc) is 3.00. The number of hydrogen-bond acceptors (Lipinski definition) is 2. The van der Waals surface area contributed by atoms with Gasteiger partial charge in [0.1, 0.15) is 11.6 Å². The fraction of sp³-hybridized carbons (Fsp3) is 0.533. The molecular weight excluding hydrogens is 298 g/mol. The van der Waals surface area contributed by atoms with Gasteiger partial charge in [-0.05, 0) is 49.3 Å². The zero-order valence-corrected chi connectivity index (χ0v) is 12.3. The third-order valence-electron chi connectivity index (χ3n) is 4.74. The van der Waals surface area contributed by atoms with Crippen LogP contribution >= 0.6 is 12.4 Å². The summed E-state index contributed by atoms with van der Waals surface area (Å²) < 4.78 is 26.5. The third kappa shape index (κ3) is 3.04. The summed E-state index contributed by atoms with van der Waals surface area (Å²) in [6.45, 7) is 0.00301. The monoisotopic (exact) mass is 316 g/mol. The van der Waals surface area contributed by atoms with Crippen LogP contribution in [0.4, 0.5) is 8.78 Å². The molecule has 2 fully saturated rings. The summed E-state index contributed by atoms with van der Waals surface area (Å²) in [7, 11) is 0. The molecule has 0 spiro atoms. The summed E-state index contributed by atoms with van der Waals surface area (Å²) in [5.41, 5.74) is 6.26. The van der Waals surface area contributed by atoms with Crippen LogP contribution < -0.4 is 11.1 Å². The van der Waals surface area contributed by atoms with E-state index < -0.39 is 11.6 Å². The maximum Gasteiger partial charge on any atom is 0.225 e. The predicted octanol–water partition coefficient (Wildman–Crippen LogP) is 2.38. The normalized spacial score (nSPS) is 30.0. The van der Waals surface area contributed by atoms with Gasteiger partial charge in [0.2, 0.25) is 5.91 Å². The highest BCUT2D eigenvalue weighted by atomic mass is 35.5. The maximum absolute atomic E-state index is 13.5. The summed E-state index contributed by atoms with van der Waals surface area (Å²) in [4.78, 5) is 12.2. The van der Waals surface area contributed by atoms with Crippen molar-refractivity contribution in [3.8, 4) is 0 Å². The Morgan fingerprint density at radius 2 is 2.00 bits per heavy atom. The van der Waals surface area contributed by atoms with E-state index in [4.69, 9.17) is 5.73 Å². The van der Waals surface area contributed by atoms with E-state index >= 15 is 0 Å². The van der Waals surface area contributed by atoms with Crippen LogP contribution in [0, 0.1) is 29.4 Å². The largest absolute Gasteiger partial charge is 0.352 e. The number of fused-ring (bicyclic) bond motifs is 2. The van der Waals surface area contributed by atoms with Gasteiger partial charge in [-0.3, -0.25) is 4.79 Å². The molecule has 4 atom stereocenters. The second-order valence-corrected chi connectivity index (χ2v) is 5.89. The molecule has 3 N–H and O–H groups in total. The number of amides is 1. The molecule has 1 aromatic rings. The van der Waals surface area contributed by atoms with Crippen LogP contribution in [0.15, 0.2) is 18.2 Å². The van der Waals surface area contributed by atoms with Gasteiger partial charge in [0.05, 0.1) is 5.92 Å². The van der Waals surface area contributed by atoms with E-state index in [1.165, 1.54) is 0 Å². The summed E-state index contributed by atoms with van der Waals surface area (Å²) >= 11 is 0. The molecule has 3 rings (SSSR count). The molecule has 0 radical (unpaired) electrons. The van der Waals surface area contributed by atoms with E-state index in [1.807, 2.05) is 0 Å². The number of halogens is 3. The van der Waals surface area contributed by atoms with Gasteiger partial charge in [0, 0.05) is 18.2 Å². The molecule has 2 saturated carbocycles. The minimum atomic E-state index is -0.510. The average molecular weight is 317 g/mol. The minimum absolute atomic E-state index is 0. The molecule has 0 aromatic heterocycles. The number of carbonyl (C=O) groups is 1. The van der Waals surface area contributed by atoms with E-state index in [0.717, 1.165) is 37.5 Å². The Bertz CT molecular complexity index is 538. The van der Waals surface area contributed by atoms with Crippen LogP contribution in [0.5, 0.6) is 0 Å². The number of nitrogens with one attached hydrogen (secondary N) is 1. The lowest BCUT2D eigenvalue weighted by molar-refractivity contribution is -0.127. The first kappa shape index (κ1) is 16.2. The number of rotatable bonds is 3. The predicted molar refractivity (Wildman–Crippen MR) is 77.7 cm³/mol. The lowest BCUT2D eigenvalue weighted by Gasteiger charge is -2.27. The van der Waals surface area contributed by atoms with Crippen LogP contribution in [-0.2, 0) is 11.3 Å². The number of hydrogen-bond donors (Lipinski definition) is 2. The van der Waals surface area contributed by atoms with Crippen molar-refractivity contribution in [2.24, 2.45) is 23.5 Å². The molecule has 1 amide bonds. The Morgan fingerprint density at radius 1 is 1.29 bits per heavy atom. The second kappa shape index (κ2) is 6.28. The standard InChI is InChI=1S/C15H18F2N2O.ClH/c16-11-3-4-12(17)10(6-11)7-19-15(20)13-8-1-2-9(5-8)14(13)18;/h3-4,6,8-9,13-14H,1-2,5,7,18H2,(H,19,20);1H. The van der Waals surface area contributed by atoms with Gasteiger partial charge in [-0.25, -0.2) is 8.78 Å². The van der Waals surface area contributed by atoms with Crippen molar-refractivity contribution < 1.29 is 13.6 Å². The molecule has 1 aromatic carbocycles. The van der Waals surface area contributed by atoms with Crippen LogP contribution in [0.1, 0.15) is 24.8 Å². The van der Waals surface area contributed by atoms with E-state index in [9.17, 15) is 13.6 Å². The molecule has 0 aliphatic heterocycles. The van der Waals surface area contributed by atoms with Gasteiger partial charge in [0.15, 0.2) is 0 Å². The SMILES string of the molecule is Cl.NC1C2CCC(C2)C1C(=O)NCc1cc(F)ccc1F. The first-order valence-corrected chi connectivity index (χ1v) is 7.03. The topological polar surface area (TPSA) is 55.1 Å². The molecule has 2 bridgehead atoms. The van der Waals surface area contributed by atoms with E-state index in [2.05, 4.69) is 5.32 Å².